The number of esters is 1. The quantitative estimate of drug-likeness (QED) is 0.498. The van der Waals surface area contributed by atoms with Crippen molar-refractivity contribution in [2.24, 2.45) is 5.73 Å². The van der Waals surface area contributed by atoms with Gasteiger partial charge in [0.25, 0.3) is 0 Å². The van der Waals surface area contributed by atoms with E-state index in [9.17, 15) is 9.59 Å². The standard InChI is InChI=1S/C20H17Cl2N3O3S/c21-15-7-3-1-5-13(15)17(25-20(23)27)9-18(26)28-10-12-11-29-19(24-12)14-6-2-4-8-16(14)22/h1-8,11,17H,9-10H2,(H3,23,25,27). The number of nitrogens with one attached hydrogen (secondary N) is 1. The van der Waals surface area contributed by atoms with E-state index < -0.39 is 18.0 Å². The Morgan fingerprint density at radius 1 is 1.10 bits per heavy atom. The normalized spacial score (nSPS) is 11.7. The first-order valence-corrected chi connectivity index (χ1v) is 10.2. The van der Waals surface area contributed by atoms with Gasteiger partial charge in [-0.2, -0.15) is 0 Å². The lowest BCUT2D eigenvalue weighted by Crippen LogP contribution is -2.34. The molecule has 3 rings (SSSR count). The molecule has 1 unspecified atom stereocenters. The lowest BCUT2D eigenvalue weighted by atomic mass is 10.0. The van der Waals surface area contributed by atoms with Gasteiger partial charge in [-0.1, -0.05) is 59.6 Å². The fourth-order valence-electron chi connectivity index (χ4n) is 2.68. The van der Waals surface area contributed by atoms with E-state index in [0.29, 0.717) is 21.3 Å². The number of carbonyl (C=O) groups excluding carboxylic acids is 2. The number of hydrogen-bond donors (Lipinski definition) is 2. The Morgan fingerprint density at radius 3 is 2.48 bits per heavy atom. The molecule has 0 aliphatic carbocycles. The van der Waals surface area contributed by atoms with Gasteiger partial charge in [0.05, 0.1) is 23.2 Å². The van der Waals surface area contributed by atoms with Crippen molar-refractivity contribution in [3.8, 4) is 10.6 Å². The Morgan fingerprint density at radius 2 is 1.79 bits per heavy atom. The number of carbonyl (C=O) groups is 2. The van der Waals surface area contributed by atoms with Gasteiger partial charge in [-0.25, -0.2) is 9.78 Å². The second-order valence-corrected chi connectivity index (χ2v) is 7.74. The number of nitrogens with zero attached hydrogens (tertiary/aromatic N) is 1. The fourth-order valence-corrected chi connectivity index (χ4v) is 4.07. The molecule has 0 aliphatic rings. The van der Waals surface area contributed by atoms with Crippen molar-refractivity contribution < 1.29 is 14.3 Å². The van der Waals surface area contributed by atoms with Crippen LogP contribution < -0.4 is 11.1 Å². The summed E-state index contributed by atoms with van der Waals surface area (Å²) in [4.78, 5) is 28.1. The van der Waals surface area contributed by atoms with Crippen molar-refractivity contribution in [1.82, 2.24) is 10.3 Å². The monoisotopic (exact) mass is 449 g/mol. The van der Waals surface area contributed by atoms with E-state index in [1.807, 2.05) is 18.2 Å². The van der Waals surface area contributed by atoms with Crippen molar-refractivity contribution in [1.29, 1.82) is 0 Å². The van der Waals surface area contributed by atoms with Crippen molar-refractivity contribution >= 4 is 46.5 Å². The summed E-state index contributed by atoms with van der Waals surface area (Å²) in [5.74, 6) is -0.518. The number of rotatable bonds is 7. The Hall–Kier alpha value is -2.61. The third-order valence-electron chi connectivity index (χ3n) is 4.00. The van der Waals surface area contributed by atoms with E-state index >= 15 is 0 Å². The SMILES string of the molecule is NC(=O)NC(CC(=O)OCc1csc(-c2ccccc2Cl)n1)c1ccccc1Cl. The number of primary amides is 1. The van der Waals surface area contributed by atoms with Crippen LogP contribution in [0.3, 0.4) is 0 Å². The molecule has 2 amide bonds. The summed E-state index contributed by atoms with van der Waals surface area (Å²) >= 11 is 13.8. The lowest BCUT2D eigenvalue weighted by Gasteiger charge is -2.18. The maximum Gasteiger partial charge on any atom is 0.312 e. The third-order valence-corrected chi connectivity index (χ3v) is 5.60. The minimum atomic E-state index is -0.758. The molecule has 0 aliphatic heterocycles. The number of hydrogen-bond acceptors (Lipinski definition) is 5. The predicted octanol–water partition coefficient (Wildman–Crippen LogP) is 4.96. The van der Waals surface area contributed by atoms with E-state index in [0.717, 1.165) is 10.6 Å². The third kappa shape index (κ3) is 5.69. The molecule has 0 saturated carbocycles. The Kier molecular flexibility index (Phi) is 7.09. The van der Waals surface area contributed by atoms with E-state index in [1.54, 1.807) is 35.7 Å². The minimum Gasteiger partial charge on any atom is -0.459 e. The van der Waals surface area contributed by atoms with E-state index in [-0.39, 0.29) is 13.0 Å². The summed E-state index contributed by atoms with van der Waals surface area (Å²) in [6.45, 7) is 0.00555. The molecule has 1 heterocycles. The molecule has 0 radical (unpaired) electrons. The highest BCUT2D eigenvalue weighted by molar-refractivity contribution is 7.13. The average Bonchev–Trinajstić information content (AvgIpc) is 3.15. The van der Waals surface area contributed by atoms with Gasteiger partial charge in [0.1, 0.15) is 11.6 Å². The Bertz CT molecular complexity index is 1030. The highest BCUT2D eigenvalue weighted by Gasteiger charge is 2.21. The van der Waals surface area contributed by atoms with Crippen LogP contribution in [0.2, 0.25) is 10.0 Å². The molecule has 3 N–H and O–H groups in total. The van der Waals surface area contributed by atoms with Crippen LogP contribution in [-0.4, -0.2) is 17.0 Å². The molecular formula is C20H17Cl2N3O3S. The fraction of sp³-hybridized carbons (Fsp3) is 0.150. The van der Waals surface area contributed by atoms with Crippen LogP contribution in [0, 0.1) is 0 Å². The van der Waals surface area contributed by atoms with Gasteiger partial charge in [0, 0.05) is 16.0 Å². The molecule has 0 saturated heterocycles. The molecule has 150 valence electrons. The number of benzene rings is 2. The van der Waals surface area contributed by atoms with Crippen molar-refractivity contribution in [3.63, 3.8) is 0 Å². The molecule has 3 aromatic rings. The molecule has 0 spiro atoms. The molecule has 29 heavy (non-hydrogen) atoms. The van der Waals surface area contributed by atoms with Gasteiger partial charge >= 0.3 is 12.0 Å². The number of nitrogens with two attached hydrogens (primary N) is 1. The van der Waals surface area contributed by atoms with Crippen LogP contribution in [0.25, 0.3) is 10.6 Å². The summed E-state index contributed by atoms with van der Waals surface area (Å²) < 4.78 is 5.32. The highest BCUT2D eigenvalue weighted by Crippen LogP contribution is 2.30. The highest BCUT2D eigenvalue weighted by atomic mass is 35.5. The minimum absolute atomic E-state index is 0.00555. The summed E-state index contributed by atoms with van der Waals surface area (Å²) in [7, 11) is 0. The summed E-state index contributed by atoms with van der Waals surface area (Å²) in [5, 5.41) is 6.09. The smallest absolute Gasteiger partial charge is 0.312 e. The first-order valence-electron chi connectivity index (χ1n) is 8.59. The second-order valence-electron chi connectivity index (χ2n) is 6.07. The maximum atomic E-state index is 12.3. The van der Waals surface area contributed by atoms with Gasteiger partial charge in [-0.3, -0.25) is 4.79 Å². The number of ether oxygens (including phenoxy) is 1. The van der Waals surface area contributed by atoms with Crippen LogP contribution in [0.1, 0.15) is 23.7 Å². The molecule has 2 aromatic carbocycles. The first kappa shape index (κ1) is 21.1. The Labute approximate surface area is 181 Å². The number of thiazole rings is 1. The second kappa shape index (κ2) is 9.73. The van der Waals surface area contributed by atoms with Crippen LogP contribution in [0.5, 0.6) is 0 Å². The molecular weight excluding hydrogens is 433 g/mol. The van der Waals surface area contributed by atoms with E-state index in [4.69, 9.17) is 33.7 Å². The number of amides is 2. The number of halogens is 2. The van der Waals surface area contributed by atoms with Gasteiger partial charge in [-0.15, -0.1) is 11.3 Å². The largest absolute Gasteiger partial charge is 0.459 e. The molecule has 6 nitrogen and oxygen atoms in total. The zero-order valence-electron chi connectivity index (χ0n) is 15.1. The van der Waals surface area contributed by atoms with Crippen LogP contribution >= 0.6 is 34.5 Å². The molecule has 0 bridgehead atoms. The van der Waals surface area contributed by atoms with Gasteiger partial charge < -0.3 is 15.8 Å². The first-order chi connectivity index (χ1) is 13.9. The Balaban J connectivity index is 1.63. The zero-order chi connectivity index (χ0) is 20.8. The predicted molar refractivity (Wildman–Crippen MR) is 114 cm³/mol. The zero-order valence-corrected chi connectivity index (χ0v) is 17.4. The van der Waals surface area contributed by atoms with Gasteiger partial charge in [0.15, 0.2) is 0 Å². The topological polar surface area (TPSA) is 94.3 Å². The van der Waals surface area contributed by atoms with Crippen molar-refractivity contribution in [2.45, 2.75) is 19.1 Å². The number of aromatic nitrogens is 1. The molecule has 1 aromatic heterocycles. The molecule has 0 fully saturated rings. The van der Waals surface area contributed by atoms with Crippen LogP contribution in [0.4, 0.5) is 4.79 Å². The van der Waals surface area contributed by atoms with Gasteiger partial charge in [-0.05, 0) is 17.7 Å². The van der Waals surface area contributed by atoms with Crippen LogP contribution in [-0.2, 0) is 16.1 Å². The lowest BCUT2D eigenvalue weighted by molar-refractivity contribution is -0.145. The van der Waals surface area contributed by atoms with E-state index in [2.05, 4.69) is 10.3 Å². The molecule has 1 atom stereocenters. The summed E-state index contributed by atoms with van der Waals surface area (Å²) in [5.41, 5.74) is 7.24. The maximum absolute atomic E-state index is 12.3. The van der Waals surface area contributed by atoms with Crippen molar-refractivity contribution in [2.75, 3.05) is 0 Å². The summed E-state index contributed by atoms with van der Waals surface area (Å²) in [6, 6.07) is 12.8. The molecule has 9 heteroatoms. The van der Waals surface area contributed by atoms with Crippen molar-refractivity contribution in [3.05, 3.63) is 75.2 Å². The van der Waals surface area contributed by atoms with Crippen LogP contribution in [0.15, 0.2) is 53.9 Å². The van der Waals surface area contributed by atoms with Gasteiger partial charge in [0.2, 0.25) is 0 Å². The number of urea groups is 1. The van der Waals surface area contributed by atoms with E-state index in [1.165, 1.54) is 11.3 Å². The average molecular weight is 450 g/mol. The summed E-state index contributed by atoms with van der Waals surface area (Å²) in [6.07, 6.45) is -0.117.